The van der Waals surface area contributed by atoms with Crippen LogP contribution in [0.3, 0.4) is 0 Å². The van der Waals surface area contributed by atoms with Crippen LogP contribution in [-0.4, -0.2) is 140 Å². The summed E-state index contributed by atoms with van der Waals surface area (Å²) < 4.78 is 94.9. The van der Waals surface area contributed by atoms with Crippen molar-refractivity contribution in [2.24, 2.45) is 0 Å². The van der Waals surface area contributed by atoms with Crippen LogP contribution in [0.5, 0.6) is 34.5 Å². The molecule has 12 rings (SSSR count). The predicted molar refractivity (Wildman–Crippen MR) is 528 cm³/mol. The Balaban J connectivity index is 0.000000302. The molecule has 29 heteroatoms. The van der Waals surface area contributed by atoms with Crippen LogP contribution in [0.15, 0.2) is 271 Å². The number of rotatable bonds is 48. The van der Waals surface area contributed by atoms with Crippen molar-refractivity contribution in [1.82, 2.24) is 28.7 Å². The molecule has 0 radical (unpaired) electrons. The van der Waals surface area contributed by atoms with Crippen LogP contribution < -0.4 is 44.4 Å². The van der Waals surface area contributed by atoms with Crippen LogP contribution in [0, 0.1) is 14.9 Å². The van der Waals surface area contributed by atoms with Crippen molar-refractivity contribution >= 4 is 85.4 Å². The number of nitrogens with zero attached hydrogens (tertiary/aromatic N) is 6. The quantitative estimate of drug-likeness (QED) is 0.0182. The SMILES string of the molecule is CCCCOCCOc1ccc(-c2ccc(OC)c(/C=C/C(=O)Nc3ccc(S(=O)Cc4cncn4CC)cc3)c2)cc1.CCCCOCCOc1ccc(-c2ccc(OC)c(/C=C/C(=O)Nc3ccc([S@@](=O)Cc4cncn4CC)cc3)c2)cc1.CCCCOCCOc1ccc(-c2ccc(OC)c(/C=C/C(=O)Nc3ccc([S@](=O)Cc4cncn4CC)cc3)c2)cc1.[CH3-].[CH3-].[W].[W]. The van der Waals surface area contributed by atoms with E-state index in [2.05, 4.69) is 51.7 Å². The summed E-state index contributed by atoms with van der Waals surface area (Å²) in [4.78, 5) is 52.6. The van der Waals surface area contributed by atoms with Crippen molar-refractivity contribution in [3.63, 3.8) is 0 Å². The zero-order valence-electron chi connectivity index (χ0n) is 77.7. The Morgan fingerprint density at radius 2 is 0.579 bits per heavy atom. The summed E-state index contributed by atoms with van der Waals surface area (Å²) in [6, 6.07) is 62.4. The summed E-state index contributed by atoms with van der Waals surface area (Å²) in [5.74, 6) is 4.65. The standard InChI is InChI=1S/3C34H39N3O5S.2CH3.2W/c3*1-4-6-19-41-20-21-42-31-13-7-26(8-14-31)27-9-17-33(40-3)28(22-27)10-18-34(38)36-29-11-15-32(16-12-29)43(39)24-30-23-35-25-37(30)5-2;;;;/h3*7-18,22-23,25H,4-6,19-21,24H2,1-3H3,(H,36,38);2*1H3;;/q;;;2*-1;;/b3*18-10+;;;;/t2*43-;;;;;/m10...../s1. The molecule has 9 aromatic carbocycles. The van der Waals surface area contributed by atoms with Gasteiger partial charge in [-0.2, -0.15) is 0 Å². The smallest absolute Gasteiger partial charge is 0.248 e. The number of unbranched alkanes of at least 4 members (excludes halogenated alkanes) is 3. The average molecular weight is 2200 g/mol. The Morgan fingerprint density at radius 3 is 0.812 bits per heavy atom. The molecule has 133 heavy (non-hydrogen) atoms. The van der Waals surface area contributed by atoms with E-state index in [1.807, 2.05) is 162 Å². The molecule has 0 spiro atoms. The average Bonchev–Trinajstić information content (AvgIpc) is 1.79. The van der Waals surface area contributed by atoms with E-state index in [1.54, 1.807) is 150 Å². The molecule has 3 N–H and O–H groups in total. The van der Waals surface area contributed by atoms with E-state index in [9.17, 15) is 27.0 Å². The third-order valence-corrected chi connectivity index (χ3v) is 24.4. The molecular formula is C104H123N9O15S3W2-2. The maximum atomic E-state index is 12.8. The normalized spacial score (nSPS) is 11.5. The number of amides is 3. The van der Waals surface area contributed by atoms with Gasteiger partial charge in [0.1, 0.15) is 54.3 Å². The zero-order chi connectivity index (χ0) is 91.3. The van der Waals surface area contributed by atoms with E-state index in [0.717, 1.165) is 162 Å². The number of hydrogen-bond donors (Lipinski definition) is 3. The molecule has 0 saturated heterocycles. The number of imidazole rings is 3. The number of aromatic nitrogens is 6. The Bertz CT molecular complexity index is 5110. The molecule has 3 heterocycles. The molecule has 0 aliphatic carbocycles. The van der Waals surface area contributed by atoms with E-state index < -0.39 is 32.4 Å². The number of ether oxygens (including phenoxy) is 9. The Kier molecular flexibility index (Phi) is 50.5. The van der Waals surface area contributed by atoms with E-state index in [-0.39, 0.29) is 74.7 Å². The second kappa shape index (κ2) is 60.8. The van der Waals surface area contributed by atoms with Crippen molar-refractivity contribution in [3.8, 4) is 67.9 Å². The first-order valence-electron chi connectivity index (χ1n) is 43.4. The number of aryl methyl sites for hydroxylation is 3. The monoisotopic (exact) mass is 2200 g/mol. The van der Waals surface area contributed by atoms with Crippen LogP contribution >= 0.6 is 0 Å². The molecule has 0 saturated carbocycles. The summed E-state index contributed by atoms with van der Waals surface area (Å²) >= 11 is 0. The molecule has 0 fully saturated rings. The van der Waals surface area contributed by atoms with Gasteiger partial charge in [0.25, 0.3) is 0 Å². The van der Waals surface area contributed by atoms with Crippen molar-refractivity contribution in [2.75, 3.05) is 96.7 Å². The fourth-order valence-electron chi connectivity index (χ4n) is 13.1. The van der Waals surface area contributed by atoms with Gasteiger partial charge in [-0.25, -0.2) is 15.0 Å². The van der Waals surface area contributed by atoms with E-state index in [4.69, 9.17) is 42.6 Å². The number of anilines is 3. The summed E-state index contributed by atoms with van der Waals surface area (Å²) in [7, 11) is 1.17. The first-order chi connectivity index (χ1) is 63.0. The topological polar surface area (TPSA) is 275 Å². The Morgan fingerprint density at radius 1 is 0.331 bits per heavy atom. The van der Waals surface area contributed by atoms with Gasteiger partial charge in [0, 0.05) is 167 Å². The fraction of sp³-hybridized carbons (Fsp3) is 0.288. The van der Waals surface area contributed by atoms with Crippen molar-refractivity contribution in [2.45, 2.75) is 132 Å². The molecule has 706 valence electrons. The third kappa shape index (κ3) is 36.2. The summed E-state index contributed by atoms with van der Waals surface area (Å²) in [6.07, 6.45) is 26.6. The maximum absolute atomic E-state index is 12.8. The Hall–Kier alpha value is -11.3. The van der Waals surface area contributed by atoms with Crippen molar-refractivity contribution < 1.29 is 112 Å². The molecule has 0 aliphatic heterocycles. The Labute approximate surface area is 820 Å². The molecule has 3 aromatic heterocycles. The van der Waals surface area contributed by atoms with Gasteiger partial charge < -0.3 is 87.1 Å². The van der Waals surface area contributed by atoms with Crippen LogP contribution in [0.1, 0.15) is 114 Å². The molecule has 3 amide bonds. The second-order valence-corrected chi connectivity index (χ2v) is 33.8. The molecule has 12 aromatic rings. The minimum absolute atomic E-state index is 0. The number of carbonyl (C=O) groups is 3. The largest absolute Gasteiger partial charge is 0.496 e. The van der Waals surface area contributed by atoms with E-state index in [1.165, 1.54) is 18.2 Å². The van der Waals surface area contributed by atoms with E-state index >= 15 is 0 Å². The van der Waals surface area contributed by atoms with Crippen molar-refractivity contribution in [3.05, 3.63) is 305 Å². The minimum Gasteiger partial charge on any atom is -0.496 e. The number of hydrogen-bond acceptors (Lipinski definition) is 18. The van der Waals surface area contributed by atoms with Gasteiger partial charge in [0.15, 0.2) is 0 Å². The first kappa shape index (κ1) is 110. The van der Waals surface area contributed by atoms with Gasteiger partial charge in [-0.15, -0.1) is 0 Å². The van der Waals surface area contributed by atoms with E-state index in [0.29, 0.717) is 106 Å². The predicted octanol–water partition coefficient (Wildman–Crippen LogP) is 21.1. The number of methoxy groups -OCH3 is 3. The van der Waals surface area contributed by atoms with Gasteiger partial charge >= 0.3 is 0 Å². The maximum Gasteiger partial charge on any atom is 0.248 e. The van der Waals surface area contributed by atoms with Gasteiger partial charge in [-0.1, -0.05) is 94.6 Å². The summed E-state index contributed by atoms with van der Waals surface area (Å²) in [5, 5.41) is 8.58. The van der Waals surface area contributed by atoms with Crippen LogP contribution in [-0.2, 0) is 140 Å². The minimum atomic E-state index is -1.21. The third-order valence-electron chi connectivity index (χ3n) is 20.3. The van der Waals surface area contributed by atoms with Gasteiger partial charge in [0.05, 0.1) is 127 Å². The number of carbonyl (C=O) groups excluding carboxylic acids is 3. The van der Waals surface area contributed by atoms with Crippen LogP contribution in [0.2, 0.25) is 0 Å². The van der Waals surface area contributed by atoms with Crippen LogP contribution in [0.25, 0.3) is 51.6 Å². The second-order valence-electron chi connectivity index (χ2n) is 29.4. The first-order valence-corrected chi connectivity index (χ1v) is 47.3. The summed E-state index contributed by atoms with van der Waals surface area (Å²) in [6.45, 7) is 20.4. The summed E-state index contributed by atoms with van der Waals surface area (Å²) in [5.41, 5.74) is 13.0. The van der Waals surface area contributed by atoms with Gasteiger partial charge in [0.2, 0.25) is 17.7 Å². The van der Waals surface area contributed by atoms with Crippen molar-refractivity contribution in [1.29, 1.82) is 0 Å². The molecule has 3 atom stereocenters. The number of benzene rings is 9. The molecular weight excluding hydrogens is 2080 g/mol. The molecule has 1 unspecified atom stereocenters. The van der Waals surface area contributed by atoms with Gasteiger partial charge in [-0.05, 0) is 237 Å². The zero-order valence-corrected chi connectivity index (χ0v) is 86.0. The van der Waals surface area contributed by atoms with Gasteiger partial charge in [-0.3, -0.25) is 27.0 Å². The van der Waals surface area contributed by atoms with Crippen LogP contribution in [0.4, 0.5) is 17.1 Å². The molecule has 0 bridgehead atoms. The number of nitrogens with one attached hydrogen (secondary N) is 3. The fourth-order valence-corrected chi connectivity index (χ4v) is 16.4. The molecule has 24 nitrogen and oxygen atoms in total. The molecule has 0 aliphatic rings.